The first-order valence-corrected chi connectivity index (χ1v) is 9.98. The molecule has 0 saturated heterocycles. The lowest BCUT2D eigenvalue weighted by Gasteiger charge is -2.09. The number of carbonyl (C=O) groups is 2. The van der Waals surface area contributed by atoms with Crippen LogP contribution in [0.15, 0.2) is 59.5 Å². The summed E-state index contributed by atoms with van der Waals surface area (Å²) in [6.07, 6.45) is 1.19. The van der Waals surface area contributed by atoms with Crippen LogP contribution >= 0.6 is 23.2 Å². The van der Waals surface area contributed by atoms with Gasteiger partial charge >= 0.3 is 0 Å². The number of carbonyl (C=O) groups excluding carboxylic acids is 2. The molecule has 0 bridgehead atoms. The zero-order valence-corrected chi connectivity index (χ0v) is 17.9. The molecule has 31 heavy (non-hydrogen) atoms. The van der Waals surface area contributed by atoms with E-state index in [1.165, 1.54) is 6.20 Å². The van der Waals surface area contributed by atoms with Crippen molar-refractivity contribution in [3.05, 3.63) is 80.7 Å². The molecule has 0 aliphatic rings. The van der Waals surface area contributed by atoms with Crippen LogP contribution < -0.4 is 20.9 Å². The van der Waals surface area contributed by atoms with Crippen LogP contribution in [-0.4, -0.2) is 28.2 Å². The maximum absolute atomic E-state index is 12.4. The Bertz CT molecular complexity index is 1150. The highest BCUT2D eigenvalue weighted by Crippen LogP contribution is 2.17. The fourth-order valence-corrected chi connectivity index (χ4v) is 2.87. The largest absolute Gasteiger partial charge is 0.494 e. The van der Waals surface area contributed by atoms with E-state index < -0.39 is 11.5 Å². The van der Waals surface area contributed by atoms with Gasteiger partial charge in [0.25, 0.3) is 11.5 Å². The molecule has 10 heteroatoms. The maximum Gasteiger partial charge on any atom is 0.287 e. The highest BCUT2D eigenvalue weighted by Gasteiger charge is 2.12. The second-order valence-corrected chi connectivity index (χ2v) is 7.09. The third-order valence-corrected chi connectivity index (χ3v) is 4.84. The molecule has 0 radical (unpaired) electrons. The van der Waals surface area contributed by atoms with Crippen molar-refractivity contribution in [3.8, 4) is 5.75 Å². The van der Waals surface area contributed by atoms with E-state index in [9.17, 15) is 14.4 Å². The van der Waals surface area contributed by atoms with Crippen molar-refractivity contribution in [1.29, 1.82) is 0 Å². The minimum absolute atomic E-state index is 0.0161. The van der Waals surface area contributed by atoms with Gasteiger partial charge < -0.3 is 15.4 Å². The van der Waals surface area contributed by atoms with E-state index >= 15 is 0 Å². The van der Waals surface area contributed by atoms with Gasteiger partial charge in [0.15, 0.2) is 0 Å². The average molecular weight is 461 g/mol. The van der Waals surface area contributed by atoms with Crippen LogP contribution in [0.2, 0.25) is 10.0 Å². The second kappa shape index (κ2) is 10.1. The number of nitrogens with zero attached hydrogens (tertiary/aromatic N) is 2. The van der Waals surface area contributed by atoms with E-state index in [1.807, 2.05) is 6.92 Å². The van der Waals surface area contributed by atoms with E-state index in [2.05, 4.69) is 15.7 Å². The first-order chi connectivity index (χ1) is 14.9. The Morgan fingerprint density at radius 2 is 1.61 bits per heavy atom. The molecule has 0 unspecified atom stereocenters. The Balaban J connectivity index is 1.59. The van der Waals surface area contributed by atoms with Crippen molar-refractivity contribution >= 4 is 46.4 Å². The monoisotopic (exact) mass is 460 g/mol. The minimum atomic E-state index is -0.661. The molecule has 0 aliphatic heterocycles. The summed E-state index contributed by atoms with van der Waals surface area (Å²) in [4.78, 5) is 36.5. The van der Waals surface area contributed by atoms with Gasteiger partial charge in [0.2, 0.25) is 5.91 Å². The van der Waals surface area contributed by atoms with Crippen molar-refractivity contribution < 1.29 is 14.3 Å². The van der Waals surface area contributed by atoms with Gasteiger partial charge in [-0.1, -0.05) is 23.2 Å². The maximum atomic E-state index is 12.4. The number of amides is 2. The standard InChI is InChI=1S/C21H18Cl2N4O4/c1-2-31-16-9-7-15(8-10-16)26-20(29)13-3-5-14(6-4-13)25-18(28)12-27-21(30)19(23)17(22)11-24-27/h3-11H,2,12H2,1H3,(H,25,28)(H,26,29). The molecule has 8 nitrogen and oxygen atoms in total. The topological polar surface area (TPSA) is 102 Å². The van der Waals surface area contributed by atoms with Gasteiger partial charge in [-0.15, -0.1) is 0 Å². The SMILES string of the molecule is CCOc1ccc(NC(=O)c2ccc(NC(=O)Cn3ncc(Cl)c(Cl)c3=O)cc2)cc1. The van der Waals surface area contributed by atoms with Crippen molar-refractivity contribution in [3.63, 3.8) is 0 Å². The quantitative estimate of drug-likeness (QED) is 0.557. The molecule has 2 amide bonds. The third-order valence-electron chi connectivity index (χ3n) is 4.09. The summed E-state index contributed by atoms with van der Waals surface area (Å²) in [6, 6.07) is 13.3. The number of halogens is 2. The van der Waals surface area contributed by atoms with Crippen molar-refractivity contribution in [2.75, 3.05) is 17.2 Å². The van der Waals surface area contributed by atoms with Crippen molar-refractivity contribution in [2.45, 2.75) is 13.5 Å². The Hall–Kier alpha value is -3.36. The van der Waals surface area contributed by atoms with Crippen LogP contribution in [0.1, 0.15) is 17.3 Å². The van der Waals surface area contributed by atoms with Crippen LogP contribution in [0.4, 0.5) is 11.4 Å². The number of aromatic nitrogens is 2. The molecule has 1 aromatic heterocycles. The zero-order chi connectivity index (χ0) is 22.4. The van der Waals surface area contributed by atoms with Crippen LogP contribution in [-0.2, 0) is 11.3 Å². The molecule has 2 N–H and O–H groups in total. The third kappa shape index (κ3) is 5.84. The number of anilines is 2. The smallest absolute Gasteiger partial charge is 0.287 e. The Morgan fingerprint density at radius 3 is 2.26 bits per heavy atom. The number of hydrogen-bond acceptors (Lipinski definition) is 5. The van der Waals surface area contributed by atoms with Crippen molar-refractivity contribution in [2.24, 2.45) is 0 Å². The molecular formula is C21H18Cl2N4O4. The van der Waals surface area contributed by atoms with E-state index in [1.54, 1.807) is 48.5 Å². The molecule has 0 saturated carbocycles. The average Bonchev–Trinajstić information content (AvgIpc) is 2.76. The van der Waals surface area contributed by atoms with Gasteiger partial charge in [-0.25, -0.2) is 4.68 Å². The molecular weight excluding hydrogens is 443 g/mol. The van der Waals surface area contributed by atoms with Crippen LogP contribution in [0, 0.1) is 0 Å². The summed E-state index contributed by atoms with van der Waals surface area (Å²) in [7, 11) is 0. The number of hydrogen-bond donors (Lipinski definition) is 2. The number of nitrogens with one attached hydrogen (secondary N) is 2. The van der Waals surface area contributed by atoms with Gasteiger partial charge in [-0.3, -0.25) is 14.4 Å². The lowest BCUT2D eigenvalue weighted by Crippen LogP contribution is -2.29. The lowest BCUT2D eigenvalue weighted by molar-refractivity contribution is -0.117. The molecule has 2 aromatic carbocycles. The van der Waals surface area contributed by atoms with E-state index in [0.29, 0.717) is 23.5 Å². The minimum Gasteiger partial charge on any atom is -0.494 e. The van der Waals surface area contributed by atoms with Gasteiger partial charge in [0.05, 0.1) is 17.8 Å². The second-order valence-electron chi connectivity index (χ2n) is 6.31. The summed E-state index contributed by atoms with van der Waals surface area (Å²) < 4.78 is 6.27. The summed E-state index contributed by atoms with van der Waals surface area (Å²) in [5.74, 6) is -0.0629. The molecule has 160 valence electrons. The molecule has 0 atom stereocenters. The van der Waals surface area contributed by atoms with Gasteiger partial charge in [-0.05, 0) is 55.5 Å². The molecule has 0 fully saturated rings. The Kier molecular flexibility index (Phi) is 7.28. The first-order valence-electron chi connectivity index (χ1n) is 9.22. The Labute approximate surface area is 187 Å². The fraction of sp³-hybridized carbons (Fsp3) is 0.143. The van der Waals surface area contributed by atoms with Crippen LogP contribution in [0.3, 0.4) is 0 Å². The fourth-order valence-electron chi connectivity index (χ4n) is 2.60. The molecule has 0 spiro atoms. The Morgan fingerprint density at radius 1 is 1.00 bits per heavy atom. The van der Waals surface area contributed by atoms with Crippen molar-refractivity contribution in [1.82, 2.24) is 9.78 Å². The summed E-state index contributed by atoms with van der Waals surface area (Å²) in [5, 5.41) is 9.00. The highest BCUT2D eigenvalue weighted by molar-refractivity contribution is 6.41. The molecule has 0 aliphatic carbocycles. The highest BCUT2D eigenvalue weighted by atomic mass is 35.5. The number of rotatable bonds is 7. The molecule has 3 aromatic rings. The molecule has 1 heterocycles. The van der Waals surface area contributed by atoms with Gasteiger partial charge in [0, 0.05) is 16.9 Å². The first kappa shape index (κ1) is 22.3. The lowest BCUT2D eigenvalue weighted by atomic mass is 10.2. The van der Waals surface area contributed by atoms with Gasteiger partial charge in [0.1, 0.15) is 17.3 Å². The summed E-state index contributed by atoms with van der Waals surface area (Å²) in [6.45, 7) is 2.12. The van der Waals surface area contributed by atoms with E-state index in [-0.39, 0.29) is 22.5 Å². The number of ether oxygens (including phenoxy) is 1. The van der Waals surface area contributed by atoms with E-state index in [0.717, 1.165) is 10.4 Å². The predicted molar refractivity (Wildman–Crippen MR) is 119 cm³/mol. The van der Waals surface area contributed by atoms with Gasteiger partial charge in [-0.2, -0.15) is 5.10 Å². The number of benzene rings is 2. The normalized spacial score (nSPS) is 10.4. The van der Waals surface area contributed by atoms with E-state index in [4.69, 9.17) is 27.9 Å². The van der Waals surface area contributed by atoms with Crippen LogP contribution in [0.5, 0.6) is 5.75 Å². The summed E-state index contributed by atoms with van der Waals surface area (Å²) in [5.41, 5.74) is 0.834. The predicted octanol–water partition coefficient (Wildman–Crippen LogP) is 3.84. The summed E-state index contributed by atoms with van der Waals surface area (Å²) >= 11 is 11.5. The molecule has 3 rings (SSSR count). The zero-order valence-electron chi connectivity index (χ0n) is 16.4. The van der Waals surface area contributed by atoms with Crippen LogP contribution in [0.25, 0.3) is 0 Å².